The minimum Gasteiger partial charge on any atom is -0.255 e. The van der Waals surface area contributed by atoms with E-state index in [-0.39, 0.29) is 0 Å². The number of ether oxygens (including phenoxy) is 1. The maximum Gasteiger partial charge on any atom is 0.428 e. The van der Waals surface area contributed by atoms with Crippen molar-refractivity contribution in [2.24, 2.45) is 0 Å². The van der Waals surface area contributed by atoms with Gasteiger partial charge in [0.2, 0.25) is 0 Å². The molecule has 0 saturated carbocycles. The molecule has 13 heavy (non-hydrogen) atoms. The van der Waals surface area contributed by atoms with E-state index in [0.29, 0.717) is 0 Å². The third-order valence-corrected chi connectivity index (χ3v) is 0.829. The van der Waals surface area contributed by atoms with Gasteiger partial charge in [-0.2, -0.15) is 30.7 Å². The Bertz CT molecular complexity index is 162. The third-order valence-electron chi connectivity index (χ3n) is 0.829. The van der Waals surface area contributed by atoms with E-state index in [2.05, 4.69) is 4.74 Å². The predicted molar refractivity (Wildman–Crippen MR) is 23.0 cm³/mol. The lowest BCUT2D eigenvalue weighted by molar-refractivity contribution is -0.378. The molecule has 0 heterocycles. The van der Waals surface area contributed by atoms with Crippen LogP contribution in [0.5, 0.6) is 0 Å². The molecule has 1 nitrogen and oxygen atoms in total. The third kappa shape index (κ3) is 3.75. The summed E-state index contributed by atoms with van der Waals surface area (Å²) in [6.07, 6.45) is -16.3. The summed E-state index contributed by atoms with van der Waals surface area (Å²) in [5, 5.41) is 0. The Morgan fingerprint density at radius 3 is 1.46 bits per heavy atom. The Hall–Kier alpha value is -0.600. The van der Waals surface area contributed by atoms with Crippen LogP contribution in [0, 0.1) is 0 Å². The molecule has 80 valence electrons. The maximum absolute atomic E-state index is 11.8. The van der Waals surface area contributed by atoms with Crippen LogP contribution in [-0.2, 0) is 4.74 Å². The average Bonchev–Trinajstić information content (AvgIpc) is 1.80. The first kappa shape index (κ1) is 12.4. The summed E-state index contributed by atoms with van der Waals surface area (Å²) in [6, 6.07) is 0. The Labute approximate surface area is 66.3 Å². The van der Waals surface area contributed by atoms with Crippen molar-refractivity contribution in [3.63, 3.8) is 0 Å². The van der Waals surface area contributed by atoms with E-state index >= 15 is 0 Å². The van der Waals surface area contributed by atoms with Crippen LogP contribution in [0.15, 0.2) is 0 Å². The number of rotatable bonds is 3. The molecular weight excluding hydrogens is 216 g/mol. The number of hydrogen-bond donors (Lipinski definition) is 0. The first-order valence-corrected chi connectivity index (χ1v) is 2.62. The van der Waals surface area contributed by atoms with Crippen LogP contribution < -0.4 is 0 Å². The second-order valence-electron chi connectivity index (χ2n) is 1.84. The van der Waals surface area contributed by atoms with E-state index in [1.165, 1.54) is 0 Å². The van der Waals surface area contributed by atoms with Crippen LogP contribution in [0.25, 0.3) is 0 Å². The van der Waals surface area contributed by atoms with Crippen LogP contribution >= 0.6 is 0 Å². The monoisotopic (exact) mass is 218 g/mol. The Morgan fingerprint density at radius 1 is 0.846 bits per heavy atom. The Kier molecular flexibility index (Phi) is 3.47. The quantitative estimate of drug-likeness (QED) is 0.661. The molecule has 0 unspecified atom stereocenters. The van der Waals surface area contributed by atoms with Gasteiger partial charge < -0.3 is 0 Å². The van der Waals surface area contributed by atoms with Crippen molar-refractivity contribution in [1.29, 1.82) is 0 Å². The lowest BCUT2D eigenvalue weighted by Crippen LogP contribution is -2.44. The fourth-order valence-corrected chi connectivity index (χ4v) is 0.369. The Balaban J connectivity index is 4.45. The summed E-state index contributed by atoms with van der Waals surface area (Å²) >= 11 is 0. The highest BCUT2D eigenvalue weighted by atomic mass is 19.4. The van der Waals surface area contributed by atoms with Crippen LogP contribution in [-0.4, -0.2) is 25.1 Å². The van der Waals surface area contributed by atoms with Crippen molar-refractivity contribution in [3.05, 3.63) is 0 Å². The van der Waals surface area contributed by atoms with Gasteiger partial charge >= 0.3 is 18.9 Å². The summed E-state index contributed by atoms with van der Waals surface area (Å²) < 4.78 is 93.1. The highest BCUT2D eigenvalue weighted by Gasteiger charge is 2.59. The molecule has 0 spiro atoms. The second-order valence-corrected chi connectivity index (χ2v) is 1.84. The van der Waals surface area contributed by atoms with Crippen molar-refractivity contribution >= 4 is 0 Å². The number of halogens is 8. The minimum atomic E-state index is -5.95. The molecule has 0 aromatic rings. The molecule has 0 amide bonds. The normalized spacial score (nSPS) is 16.4. The SMILES string of the molecule is FC(F)OC(F)(F)[C@H](F)C(F)(F)F. The molecule has 0 aliphatic heterocycles. The van der Waals surface area contributed by atoms with Crippen LogP contribution in [0.4, 0.5) is 35.1 Å². The highest BCUT2D eigenvalue weighted by Crippen LogP contribution is 2.36. The molecule has 0 rings (SSSR count). The van der Waals surface area contributed by atoms with Gasteiger partial charge in [-0.1, -0.05) is 0 Å². The zero-order valence-electron chi connectivity index (χ0n) is 5.59. The van der Waals surface area contributed by atoms with Gasteiger partial charge in [0.15, 0.2) is 0 Å². The van der Waals surface area contributed by atoms with Crippen molar-refractivity contribution in [2.75, 3.05) is 0 Å². The van der Waals surface area contributed by atoms with Gasteiger partial charge in [-0.3, -0.25) is 4.74 Å². The number of alkyl halides is 8. The molecule has 0 aliphatic rings. The molecule has 0 aromatic heterocycles. The lowest BCUT2D eigenvalue weighted by Gasteiger charge is -2.21. The van der Waals surface area contributed by atoms with E-state index in [4.69, 9.17) is 0 Å². The predicted octanol–water partition coefficient (Wildman–Crippen LogP) is 2.72. The first-order chi connectivity index (χ1) is 5.57. The van der Waals surface area contributed by atoms with Gasteiger partial charge in [-0.25, -0.2) is 4.39 Å². The molecule has 0 aromatic carbocycles. The molecule has 0 saturated heterocycles. The highest BCUT2D eigenvalue weighted by molar-refractivity contribution is 4.75. The van der Waals surface area contributed by atoms with Gasteiger partial charge in [0.05, 0.1) is 0 Å². The standard InChI is InChI=1S/C4H2F8O/c5-1(3(8,9)10)4(11,12)13-2(6)7/h1-2H/t1-/m1/s1. The zero-order chi connectivity index (χ0) is 10.9. The number of hydrogen-bond acceptors (Lipinski definition) is 1. The molecule has 1 atom stereocenters. The molecular formula is C4H2F8O. The van der Waals surface area contributed by atoms with Crippen molar-refractivity contribution in [1.82, 2.24) is 0 Å². The minimum absolute atomic E-state index is 2.16. The fourth-order valence-electron chi connectivity index (χ4n) is 0.369. The molecule has 0 fully saturated rings. The van der Waals surface area contributed by atoms with Gasteiger partial charge in [-0.05, 0) is 0 Å². The van der Waals surface area contributed by atoms with E-state index in [1.807, 2.05) is 0 Å². The smallest absolute Gasteiger partial charge is 0.255 e. The fraction of sp³-hybridized carbons (Fsp3) is 1.00. The van der Waals surface area contributed by atoms with E-state index < -0.39 is 25.1 Å². The van der Waals surface area contributed by atoms with Gasteiger partial charge in [-0.15, -0.1) is 0 Å². The molecule has 9 heteroatoms. The molecule has 0 radical (unpaired) electrons. The van der Waals surface area contributed by atoms with E-state index in [1.54, 1.807) is 0 Å². The summed E-state index contributed by atoms with van der Waals surface area (Å²) in [6.45, 7) is -4.18. The summed E-state index contributed by atoms with van der Waals surface area (Å²) in [7, 11) is 0. The average molecular weight is 218 g/mol. The zero-order valence-corrected chi connectivity index (χ0v) is 5.59. The molecule has 0 N–H and O–H groups in total. The van der Waals surface area contributed by atoms with Crippen molar-refractivity contribution in [2.45, 2.75) is 25.1 Å². The lowest BCUT2D eigenvalue weighted by atomic mass is 10.3. The van der Waals surface area contributed by atoms with Crippen LogP contribution in [0.3, 0.4) is 0 Å². The summed E-state index contributed by atoms with van der Waals surface area (Å²) in [5.74, 6) is 0. The summed E-state index contributed by atoms with van der Waals surface area (Å²) in [4.78, 5) is 0. The van der Waals surface area contributed by atoms with Crippen molar-refractivity contribution in [3.8, 4) is 0 Å². The molecule has 0 bridgehead atoms. The van der Waals surface area contributed by atoms with Crippen LogP contribution in [0.2, 0.25) is 0 Å². The Morgan fingerprint density at radius 2 is 1.23 bits per heavy atom. The van der Waals surface area contributed by atoms with Gasteiger partial charge in [0, 0.05) is 0 Å². The van der Waals surface area contributed by atoms with Gasteiger partial charge in [0.25, 0.3) is 6.17 Å². The topological polar surface area (TPSA) is 9.23 Å². The first-order valence-electron chi connectivity index (χ1n) is 2.62. The second kappa shape index (κ2) is 3.64. The maximum atomic E-state index is 11.8. The largest absolute Gasteiger partial charge is 0.428 e. The van der Waals surface area contributed by atoms with Crippen LogP contribution in [0.1, 0.15) is 0 Å². The van der Waals surface area contributed by atoms with Crippen molar-refractivity contribution < 1.29 is 39.9 Å². The summed E-state index contributed by atoms with van der Waals surface area (Å²) in [5.41, 5.74) is 0. The molecule has 0 aliphatic carbocycles. The van der Waals surface area contributed by atoms with E-state index in [9.17, 15) is 35.1 Å². The van der Waals surface area contributed by atoms with E-state index in [0.717, 1.165) is 0 Å². The van der Waals surface area contributed by atoms with Gasteiger partial charge in [0.1, 0.15) is 0 Å².